The number of rotatable bonds is 2. The van der Waals surface area contributed by atoms with E-state index in [1.807, 2.05) is 0 Å². The highest BCUT2D eigenvalue weighted by molar-refractivity contribution is 5.13. The van der Waals surface area contributed by atoms with Crippen LogP contribution in [-0.4, -0.2) is 10.7 Å². The Kier molecular flexibility index (Phi) is 3.91. The molecular weight excluding hydrogens is 280 g/mol. The van der Waals surface area contributed by atoms with Crippen molar-refractivity contribution in [2.75, 3.05) is 0 Å². The minimum atomic E-state index is -0.359. The lowest BCUT2D eigenvalue weighted by atomic mass is 9.44. The number of hydrogen-bond donors (Lipinski definition) is 1. The monoisotopic (exact) mass is 318 g/mol. The molecule has 4 fully saturated rings. The molecule has 0 bridgehead atoms. The smallest absolute Gasteiger partial charge is 0.0703 e. The van der Waals surface area contributed by atoms with Gasteiger partial charge < -0.3 is 5.11 Å². The Morgan fingerprint density at radius 2 is 1.65 bits per heavy atom. The van der Waals surface area contributed by atoms with E-state index in [0.29, 0.717) is 5.41 Å². The minimum Gasteiger partial charge on any atom is -0.389 e. The maximum atomic E-state index is 11.4. The molecule has 0 aromatic heterocycles. The number of hydrogen-bond acceptors (Lipinski definition) is 1. The van der Waals surface area contributed by atoms with Gasteiger partial charge >= 0.3 is 0 Å². The van der Waals surface area contributed by atoms with E-state index < -0.39 is 0 Å². The zero-order valence-corrected chi connectivity index (χ0v) is 15.7. The van der Waals surface area contributed by atoms with Crippen LogP contribution in [0.2, 0.25) is 0 Å². The molecular formula is C22H38O. The van der Waals surface area contributed by atoms with Gasteiger partial charge in [0.2, 0.25) is 0 Å². The largest absolute Gasteiger partial charge is 0.389 e. The lowest BCUT2D eigenvalue weighted by Gasteiger charge is -2.61. The van der Waals surface area contributed by atoms with Gasteiger partial charge in [-0.1, -0.05) is 40.0 Å². The van der Waals surface area contributed by atoms with Crippen LogP contribution in [0.15, 0.2) is 0 Å². The van der Waals surface area contributed by atoms with E-state index in [-0.39, 0.29) is 11.0 Å². The standard InChI is InChI=1S/C22H38O/c1-4-12-22(23)15-11-19-17-9-8-16-7-5-6-13-20(16,2)18(17)10-14-21(19,22)3/h16-19,23H,4-15H2,1-3H3/t16-,17?,18?,19?,20+,21+,22+/m1/s1. The van der Waals surface area contributed by atoms with E-state index in [1.165, 1.54) is 57.8 Å². The first kappa shape index (κ1) is 16.4. The first-order valence-electron chi connectivity index (χ1n) is 10.7. The fraction of sp³-hybridized carbons (Fsp3) is 1.00. The fourth-order valence-electron chi connectivity index (χ4n) is 8.23. The summed E-state index contributed by atoms with van der Waals surface area (Å²) in [5, 5.41) is 11.4. The summed E-state index contributed by atoms with van der Waals surface area (Å²) < 4.78 is 0. The van der Waals surface area contributed by atoms with E-state index in [2.05, 4.69) is 20.8 Å². The van der Waals surface area contributed by atoms with Crippen molar-refractivity contribution in [3.63, 3.8) is 0 Å². The van der Waals surface area contributed by atoms with Crippen molar-refractivity contribution in [3.05, 3.63) is 0 Å². The van der Waals surface area contributed by atoms with Gasteiger partial charge in [0.05, 0.1) is 5.60 Å². The van der Waals surface area contributed by atoms with Crippen LogP contribution in [0.4, 0.5) is 0 Å². The van der Waals surface area contributed by atoms with Crippen molar-refractivity contribution in [1.29, 1.82) is 0 Å². The van der Waals surface area contributed by atoms with Crippen LogP contribution in [0.1, 0.15) is 97.8 Å². The Labute approximate surface area is 143 Å². The van der Waals surface area contributed by atoms with Crippen LogP contribution in [0, 0.1) is 34.5 Å². The van der Waals surface area contributed by atoms with Crippen molar-refractivity contribution in [2.24, 2.45) is 34.5 Å². The molecule has 0 aromatic rings. The Hall–Kier alpha value is -0.0400. The van der Waals surface area contributed by atoms with Gasteiger partial charge in [0.1, 0.15) is 0 Å². The Balaban J connectivity index is 1.63. The SMILES string of the molecule is CCC[C@]1(O)CCC2C3CC[C@H]4CCCC[C@]4(C)C3CC[C@@]21C. The van der Waals surface area contributed by atoms with E-state index in [9.17, 15) is 5.11 Å². The summed E-state index contributed by atoms with van der Waals surface area (Å²) in [6, 6.07) is 0. The van der Waals surface area contributed by atoms with Crippen LogP contribution in [0.25, 0.3) is 0 Å². The Morgan fingerprint density at radius 1 is 0.870 bits per heavy atom. The minimum absolute atomic E-state index is 0.210. The van der Waals surface area contributed by atoms with Gasteiger partial charge in [-0.05, 0) is 92.3 Å². The molecule has 4 rings (SSSR count). The Morgan fingerprint density at radius 3 is 2.43 bits per heavy atom. The molecule has 4 aliphatic rings. The molecule has 0 aliphatic heterocycles. The Bertz CT molecular complexity index is 459. The van der Waals surface area contributed by atoms with Gasteiger partial charge in [0, 0.05) is 0 Å². The van der Waals surface area contributed by atoms with Crippen LogP contribution >= 0.6 is 0 Å². The van der Waals surface area contributed by atoms with Gasteiger partial charge in [0.15, 0.2) is 0 Å². The first-order chi connectivity index (χ1) is 10.9. The average Bonchev–Trinajstić information content (AvgIpc) is 2.79. The van der Waals surface area contributed by atoms with Crippen molar-refractivity contribution in [1.82, 2.24) is 0 Å². The average molecular weight is 319 g/mol. The highest BCUT2D eigenvalue weighted by Gasteiger charge is 2.63. The van der Waals surface area contributed by atoms with Crippen LogP contribution in [-0.2, 0) is 0 Å². The molecule has 3 unspecified atom stereocenters. The van der Waals surface area contributed by atoms with Crippen molar-refractivity contribution in [2.45, 2.75) is 103 Å². The van der Waals surface area contributed by atoms with Gasteiger partial charge in [-0.25, -0.2) is 0 Å². The molecule has 0 aromatic carbocycles. The van der Waals surface area contributed by atoms with E-state index in [1.54, 1.807) is 0 Å². The van der Waals surface area contributed by atoms with Crippen molar-refractivity contribution < 1.29 is 5.11 Å². The van der Waals surface area contributed by atoms with E-state index in [4.69, 9.17) is 0 Å². The zero-order chi connectivity index (χ0) is 16.3. The third-order valence-electron chi connectivity index (χ3n) is 9.57. The molecule has 132 valence electrons. The third-order valence-corrected chi connectivity index (χ3v) is 9.57. The second-order valence-electron chi connectivity index (χ2n) is 10.2. The van der Waals surface area contributed by atoms with Gasteiger partial charge in [0.25, 0.3) is 0 Å². The summed E-state index contributed by atoms with van der Waals surface area (Å²) in [6.45, 7) is 7.36. The summed E-state index contributed by atoms with van der Waals surface area (Å²) in [7, 11) is 0. The van der Waals surface area contributed by atoms with E-state index in [0.717, 1.165) is 42.9 Å². The molecule has 7 atom stereocenters. The predicted octanol–water partition coefficient (Wildman–Crippen LogP) is 5.95. The summed E-state index contributed by atoms with van der Waals surface area (Å²) in [4.78, 5) is 0. The molecule has 0 spiro atoms. The molecule has 4 saturated carbocycles. The molecule has 0 radical (unpaired) electrons. The second-order valence-corrected chi connectivity index (χ2v) is 10.2. The lowest BCUT2D eigenvalue weighted by Crippen LogP contribution is -2.56. The summed E-state index contributed by atoms with van der Waals surface area (Å²) in [5.74, 6) is 3.69. The van der Waals surface area contributed by atoms with Crippen molar-refractivity contribution in [3.8, 4) is 0 Å². The highest BCUT2D eigenvalue weighted by Crippen LogP contribution is 2.68. The van der Waals surface area contributed by atoms with Gasteiger partial charge in [-0.3, -0.25) is 0 Å². The van der Waals surface area contributed by atoms with Crippen molar-refractivity contribution >= 4 is 0 Å². The third kappa shape index (κ3) is 2.14. The maximum absolute atomic E-state index is 11.4. The van der Waals surface area contributed by atoms with Crippen LogP contribution in [0.5, 0.6) is 0 Å². The second kappa shape index (κ2) is 5.48. The highest BCUT2D eigenvalue weighted by atomic mass is 16.3. The molecule has 0 amide bonds. The molecule has 1 nitrogen and oxygen atoms in total. The topological polar surface area (TPSA) is 20.2 Å². The number of aliphatic hydroxyl groups is 1. The van der Waals surface area contributed by atoms with E-state index >= 15 is 0 Å². The molecule has 0 saturated heterocycles. The first-order valence-corrected chi connectivity index (χ1v) is 10.7. The molecule has 23 heavy (non-hydrogen) atoms. The molecule has 1 N–H and O–H groups in total. The quantitative estimate of drug-likeness (QED) is 0.667. The summed E-state index contributed by atoms with van der Waals surface area (Å²) in [6.07, 6.45) is 16.1. The summed E-state index contributed by atoms with van der Waals surface area (Å²) >= 11 is 0. The molecule has 0 heterocycles. The van der Waals surface area contributed by atoms with Crippen LogP contribution in [0.3, 0.4) is 0 Å². The fourth-order valence-corrected chi connectivity index (χ4v) is 8.23. The molecule has 4 aliphatic carbocycles. The normalized spacial score (nSPS) is 55.8. The summed E-state index contributed by atoms with van der Waals surface area (Å²) in [5.41, 5.74) is 0.484. The lowest BCUT2D eigenvalue weighted by molar-refractivity contribution is -0.153. The maximum Gasteiger partial charge on any atom is 0.0703 e. The predicted molar refractivity (Wildman–Crippen MR) is 96.2 cm³/mol. The molecule has 1 heteroatoms. The van der Waals surface area contributed by atoms with Crippen LogP contribution < -0.4 is 0 Å². The zero-order valence-electron chi connectivity index (χ0n) is 15.7. The number of fused-ring (bicyclic) bond motifs is 5. The van der Waals surface area contributed by atoms with Gasteiger partial charge in [-0.2, -0.15) is 0 Å². The van der Waals surface area contributed by atoms with Gasteiger partial charge in [-0.15, -0.1) is 0 Å².